The normalized spacial score (nSPS) is 16.7. The van der Waals surface area contributed by atoms with E-state index in [4.69, 9.17) is 33.2 Å². The maximum absolute atomic E-state index is 13.7. The Kier molecular flexibility index (Phi) is 6.25. The third kappa shape index (κ3) is 4.52. The third-order valence-electron chi connectivity index (χ3n) is 6.36. The van der Waals surface area contributed by atoms with Gasteiger partial charge in [-0.2, -0.15) is 4.98 Å². The second-order valence-corrected chi connectivity index (χ2v) is 11.1. The summed E-state index contributed by atoms with van der Waals surface area (Å²) in [6, 6.07) is 11.8. The molecule has 0 amide bonds. The summed E-state index contributed by atoms with van der Waals surface area (Å²) in [7, 11) is 0. The molecule has 2 aromatic heterocycles. The predicted octanol–water partition coefficient (Wildman–Crippen LogP) is 5.14. The summed E-state index contributed by atoms with van der Waals surface area (Å²) in [5.74, 6) is 2.08. The summed E-state index contributed by atoms with van der Waals surface area (Å²) < 4.78 is 28.6. The van der Waals surface area contributed by atoms with E-state index in [0.717, 1.165) is 29.3 Å². The molecule has 4 heterocycles. The van der Waals surface area contributed by atoms with Gasteiger partial charge >= 0.3 is 0 Å². The Hall–Kier alpha value is -2.85. The van der Waals surface area contributed by atoms with Crippen LogP contribution in [-0.2, 0) is 37.1 Å². The van der Waals surface area contributed by atoms with Crippen LogP contribution in [0.1, 0.15) is 22.8 Å². The summed E-state index contributed by atoms with van der Waals surface area (Å²) >= 11 is 11.0. The Bertz CT molecular complexity index is 1460. The van der Waals surface area contributed by atoms with Crippen molar-refractivity contribution in [3.63, 3.8) is 0 Å². The van der Waals surface area contributed by atoms with Crippen molar-refractivity contribution in [2.24, 2.45) is 0 Å². The van der Waals surface area contributed by atoms with Crippen LogP contribution in [0.4, 0.5) is 21.8 Å². The van der Waals surface area contributed by atoms with E-state index in [-0.39, 0.29) is 5.82 Å². The minimum absolute atomic E-state index is 0.355. The first kappa shape index (κ1) is 23.5. The first-order valence-corrected chi connectivity index (χ1v) is 13.6. The second kappa shape index (κ2) is 9.55. The van der Waals surface area contributed by atoms with Gasteiger partial charge in [0.2, 0.25) is 10.8 Å². The van der Waals surface area contributed by atoms with E-state index in [2.05, 4.69) is 19.8 Å². The quantitative estimate of drug-likeness (QED) is 0.352. The Labute approximate surface area is 220 Å². The number of fused-ring (bicyclic) bond motifs is 2. The van der Waals surface area contributed by atoms with Gasteiger partial charge in [-0.25, -0.2) is 14.4 Å². The minimum atomic E-state index is -1.19. The average molecular weight is 543 g/mol. The van der Waals surface area contributed by atoms with Gasteiger partial charge in [0.05, 0.1) is 16.6 Å². The number of hydrogen-bond donors (Lipinski definition) is 1. The lowest BCUT2D eigenvalue weighted by Crippen LogP contribution is -2.35. The molecule has 1 atom stereocenters. The van der Waals surface area contributed by atoms with Crippen molar-refractivity contribution < 1.29 is 8.94 Å². The number of nitrogens with one attached hydrogen (secondary N) is 1. The molecule has 1 unspecified atom stereocenters. The molecule has 4 aromatic rings. The molecule has 11 heteroatoms. The molecule has 36 heavy (non-hydrogen) atoms. The summed E-state index contributed by atoms with van der Waals surface area (Å²) in [5.41, 5.74) is 3.48. The molecule has 184 valence electrons. The van der Waals surface area contributed by atoms with E-state index in [1.165, 1.54) is 12.1 Å². The van der Waals surface area contributed by atoms with Crippen molar-refractivity contribution in [2.45, 2.75) is 30.8 Å². The number of anilines is 3. The number of imidazole rings is 1. The van der Waals surface area contributed by atoms with Crippen LogP contribution in [0.2, 0.25) is 10.0 Å². The van der Waals surface area contributed by atoms with E-state index < -0.39 is 11.2 Å². The Balaban J connectivity index is 1.27. The van der Waals surface area contributed by atoms with Crippen LogP contribution in [0.3, 0.4) is 0 Å². The minimum Gasteiger partial charge on any atom is -0.611 e. The van der Waals surface area contributed by atoms with Gasteiger partial charge in [0.25, 0.3) is 0 Å². The highest BCUT2D eigenvalue weighted by atomic mass is 35.5. The Morgan fingerprint density at radius 1 is 1.08 bits per heavy atom. The van der Waals surface area contributed by atoms with Gasteiger partial charge in [0, 0.05) is 43.5 Å². The molecule has 0 saturated heterocycles. The zero-order valence-electron chi connectivity index (χ0n) is 19.0. The number of benzene rings is 2. The maximum Gasteiger partial charge on any atom is 0.228 e. The van der Waals surface area contributed by atoms with E-state index in [1.807, 2.05) is 24.4 Å². The number of rotatable bonds is 5. The molecule has 2 aliphatic heterocycles. The molecule has 6 rings (SSSR count). The number of hydrogen-bond acceptors (Lipinski definition) is 6. The largest absolute Gasteiger partial charge is 0.611 e. The Morgan fingerprint density at radius 2 is 1.97 bits per heavy atom. The van der Waals surface area contributed by atoms with Gasteiger partial charge in [0.15, 0.2) is 5.82 Å². The molecule has 2 aromatic carbocycles. The van der Waals surface area contributed by atoms with E-state index in [1.54, 1.807) is 12.1 Å². The fraction of sp³-hybridized carbons (Fsp3) is 0.240. The van der Waals surface area contributed by atoms with Crippen molar-refractivity contribution in [1.29, 1.82) is 0 Å². The molecule has 0 spiro atoms. The summed E-state index contributed by atoms with van der Waals surface area (Å²) in [6.45, 7) is 1.96. The molecule has 7 nitrogen and oxygen atoms in total. The monoisotopic (exact) mass is 542 g/mol. The molecule has 1 N–H and O–H groups in total. The van der Waals surface area contributed by atoms with Crippen LogP contribution in [0.5, 0.6) is 0 Å². The van der Waals surface area contributed by atoms with Gasteiger partial charge in [-0.05, 0) is 47.1 Å². The van der Waals surface area contributed by atoms with Crippen molar-refractivity contribution >= 4 is 51.8 Å². The molecular weight excluding hydrogens is 522 g/mol. The summed E-state index contributed by atoms with van der Waals surface area (Å²) in [5, 5.41) is 4.24. The van der Waals surface area contributed by atoms with Gasteiger partial charge in [0.1, 0.15) is 23.1 Å². The lowest BCUT2D eigenvalue weighted by Gasteiger charge is -2.29. The molecular formula is C25H21Cl2FN6OS. The van der Waals surface area contributed by atoms with Gasteiger partial charge in [-0.3, -0.25) is 0 Å². The van der Waals surface area contributed by atoms with Gasteiger partial charge in [-0.15, -0.1) is 0 Å². The van der Waals surface area contributed by atoms with Crippen LogP contribution < -0.4 is 10.2 Å². The first-order valence-electron chi connectivity index (χ1n) is 11.5. The SMILES string of the molecule is [O-][S+]1CCc2nc(N3CCn4c(Cc5ccc(Cl)c(Cl)c5)cnc4C3)nc(Nc3cccc(F)c3)c21. The number of halogens is 3. The maximum atomic E-state index is 13.7. The van der Waals surface area contributed by atoms with E-state index in [0.29, 0.717) is 64.1 Å². The van der Waals surface area contributed by atoms with E-state index >= 15 is 0 Å². The van der Waals surface area contributed by atoms with Crippen LogP contribution in [-0.4, -0.2) is 36.4 Å². The highest BCUT2D eigenvalue weighted by Gasteiger charge is 2.33. The molecule has 0 aliphatic carbocycles. The summed E-state index contributed by atoms with van der Waals surface area (Å²) in [4.78, 5) is 16.8. The molecule has 0 saturated carbocycles. The standard InChI is InChI=1S/C25H21Cl2FN6OS/c26-19-5-4-15(11-20(19)27)10-18-13-29-22-14-33(7-8-34(18)22)25-31-21-6-9-36(35)23(21)24(32-25)30-17-3-1-2-16(28)12-17/h1-5,11-13H,6-10,14H2,(H,30,31,32). The Morgan fingerprint density at radius 3 is 2.81 bits per heavy atom. The smallest absolute Gasteiger partial charge is 0.228 e. The van der Waals surface area contributed by atoms with E-state index in [9.17, 15) is 8.94 Å². The zero-order chi connectivity index (χ0) is 24.8. The van der Waals surface area contributed by atoms with Crippen LogP contribution in [0.25, 0.3) is 0 Å². The topological polar surface area (TPSA) is 81.9 Å². The molecule has 0 bridgehead atoms. The predicted molar refractivity (Wildman–Crippen MR) is 139 cm³/mol. The molecule has 2 aliphatic rings. The summed E-state index contributed by atoms with van der Waals surface area (Å²) in [6.07, 6.45) is 3.21. The number of nitrogens with zero attached hydrogens (tertiary/aromatic N) is 5. The van der Waals surface area contributed by atoms with Crippen molar-refractivity contribution in [2.75, 3.05) is 22.5 Å². The molecule has 0 fully saturated rings. The van der Waals surface area contributed by atoms with Crippen molar-refractivity contribution in [3.8, 4) is 0 Å². The third-order valence-corrected chi connectivity index (χ3v) is 8.56. The highest BCUT2D eigenvalue weighted by Crippen LogP contribution is 2.34. The number of aromatic nitrogens is 4. The fourth-order valence-corrected chi connectivity index (χ4v) is 6.23. The van der Waals surface area contributed by atoms with Crippen LogP contribution >= 0.6 is 23.2 Å². The number of aryl methyl sites for hydroxylation is 1. The van der Waals surface area contributed by atoms with Gasteiger partial charge < -0.3 is 19.3 Å². The van der Waals surface area contributed by atoms with Crippen LogP contribution in [0, 0.1) is 5.82 Å². The first-order chi connectivity index (χ1) is 17.4. The van der Waals surface area contributed by atoms with Crippen LogP contribution in [0.15, 0.2) is 53.6 Å². The lowest BCUT2D eigenvalue weighted by atomic mass is 10.1. The fourth-order valence-electron chi connectivity index (χ4n) is 4.61. The van der Waals surface area contributed by atoms with Gasteiger partial charge in [-0.1, -0.05) is 35.3 Å². The highest BCUT2D eigenvalue weighted by molar-refractivity contribution is 7.91. The lowest BCUT2D eigenvalue weighted by molar-refractivity contribution is 0.538. The van der Waals surface area contributed by atoms with Crippen molar-refractivity contribution in [3.05, 3.63) is 87.3 Å². The zero-order valence-corrected chi connectivity index (χ0v) is 21.4. The second-order valence-electron chi connectivity index (χ2n) is 8.75. The van der Waals surface area contributed by atoms with Crippen molar-refractivity contribution in [1.82, 2.24) is 19.5 Å². The molecule has 0 radical (unpaired) electrons. The average Bonchev–Trinajstić information content (AvgIpc) is 3.44.